The van der Waals surface area contributed by atoms with Gasteiger partial charge in [-0.2, -0.15) is 0 Å². The first kappa shape index (κ1) is 32.7. The summed E-state index contributed by atoms with van der Waals surface area (Å²) in [6.45, 7) is 7.90. The van der Waals surface area contributed by atoms with Crippen molar-refractivity contribution in [3.63, 3.8) is 0 Å². The lowest BCUT2D eigenvalue weighted by molar-refractivity contribution is 0.0796. The normalized spacial score (nSPS) is 14.6. The van der Waals surface area contributed by atoms with Crippen LogP contribution < -0.4 is 31.8 Å². The van der Waals surface area contributed by atoms with Gasteiger partial charge in [0.2, 0.25) is 0 Å². The third-order valence-corrected chi connectivity index (χ3v) is 15.4. The standard InChI is InChI=1S/C21H21O2P.C21H19OP/c1-21(2,22)19-15-9-10-16-20(19)24(23,17-11-5-3-6-12-17)18-13-7-4-8-14-18;1-21(2)17-12-6-8-14-19(17)23(22,16-10-4-3-5-11-16)20-15-9-7-13-18(20)21/h3-16,22H,1-2H3;3-15H,1-2H3. The Kier molecular flexibility index (Phi) is 8.86. The van der Waals surface area contributed by atoms with E-state index in [1.165, 1.54) is 11.1 Å². The van der Waals surface area contributed by atoms with Crippen LogP contribution in [0.4, 0.5) is 0 Å². The fourth-order valence-corrected chi connectivity index (χ4v) is 13.1. The number of hydrogen-bond donors (Lipinski definition) is 1. The molecule has 7 rings (SSSR count). The Morgan fingerprint density at radius 1 is 0.553 bits per heavy atom. The van der Waals surface area contributed by atoms with Crippen LogP contribution in [0.5, 0.6) is 0 Å². The summed E-state index contributed by atoms with van der Waals surface area (Å²) in [5.74, 6) is 0. The Labute approximate surface area is 278 Å². The molecule has 0 atom stereocenters. The molecule has 0 saturated carbocycles. The maximum Gasteiger partial charge on any atom is 0.171 e. The minimum absolute atomic E-state index is 0.143. The molecule has 5 heteroatoms. The molecule has 0 aliphatic carbocycles. The molecule has 6 aromatic carbocycles. The number of aliphatic hydroxyl groups is 1. The third-order valence-electron chi connectivity index (χ3n) is 9.10. The fraction of sp³-hybridized carbons (Fsp3) is 0.143. The summed E-state index contributed by atoms with van der Waals surface area (Å²) in [6, 6.07) is 52.8. The Hall–Kier alpha value is -4.26. The second-order valence-corrected chi connectivity index (χ2v) is 18.4. The summed E-state index contributed by atoms with van der Waals surface area (Å²) >= 11 is 0. The van der Waals surface area contributed by atoms with Crippen LogP contribution >= 0.6 is 14.3 Å². The summed E-state index contributed by atoms with van der Waals surface area (Å²) in [7, 11) is -5.90. The summed E-state index contributed by atoms with van der Waals surface area (Å²) in [5, 5.41) is 15.7. The van der Waals surface area contributed by atoms with Gasteiger partial charge in [0, 0.05) is 37.2 Å². The van der Waals surface area contributed by atoms with Gasteiger partial charge >= 0.3 is 0 Å². The maximum absolute atomic E-state index is 14.4. The molecule has 1 aliphatic rings. The number of hydrogen-bond acceptors (Lipinski definition) is 3. The van der Waals surface area contributed by atoms with Crippen LogP contribution in [0.15, 0.2) is 164 Å². The molecule has 3 nitrogen and oxygen atoms in total. The smallest absolute Gasteiger partial charge is 0.171 e. The van der Waals surface area contributed by atoms with Crippen molar-refractivity contribution in [1.82, 2.24) is 0 Å². The van der Waals surface area contributed by atoms with Crippen LogP contribution in [-0.2, 0) is 20.1 Å². The molecule has 1 N–H and O–H groups in total. The van der Waals surface area contributed by atoms with Crippen LogP contribution in [0.1, 0.15) is 44.4 Å². The van der Waals surface area contributed by atoms with E-state index in [4.69, 9.17) is 0 Å². The molecule has 6 aromatic rings. The summed E-state index contributed by atoms with van der Waals surface area (Å²) in [4.78, 5) is 0. The van der Waals surface area contributed by atoms with Gasteiger partial charge in [-0.3, -0.25) is 0 Å². The highest BCUT2D eigenvalue weighted by atomic mass is 31.2. The van der Waals surface area contributed by atoms with Crippen molar-refractivity contribution in [2.45, 2.75) is 38.7 Å². The lowest BCUT2D eigenvalue weighted by Crippen LogP contribution is -2.42. The van der Waals surface area contributed by atoms with Crippen molar-refractivity contribution in [2.24, 2.45) is 0 Å². The zero-order valence-corrected chi connectivity index (χ0v) is 29.0. The Bertz CT molecular complexity index is 2000. The molecule has 1 aliphatic heterocycles. The van der Waals surface area contributed by atoms with Gasteiger partial charge in [0.1, 0.15) is 0 Å². The molecule has 236 valence electrons. The first-order valence-corrected chi connectivity index (χ1v) is 19.3. The van der Waals surface area contributed by atoms with Gasteiger partial charge < -0.3 is 14.2 Å². The zero-order chi connectivity index (χ0) is 33.3. The van der Waals surface area contributed by atoms with E-state index in [-0.39, 0.29) is 5.41 Å². The van der Waals surface area contributed by atoms with E-state index in [2.05, 4.69) is 26.0 Å². The van der Waals surface area contributed by atoms with E-state index >= 15 is 0 Å². The molecular weight excluding hydrogens is 614 g/mol. The second-order valence-electron chi connectivity index (χ2n) is 13.0. The van der Waals surface area contributed by atoms with E-state index in [1.807, 2.05) is 152 Å². The third kappa shape index (κ3) is 5.79. The summed E-state index contributed by atoms with van der Waals surface area (Å²) in [5.41, 5.74) is 1.82. The van der Waals surface area contributed by atoms with E-state index in [9.17, 15) is 14.2 Å². The molecule has 0 unspecified atom stereocenters. The highest BCUT2D eigenvalue weighted by Crippen LogP contribution is 2.52. The summed E-state index contributed by atoms with van der Waals surface area (Å²) < 4.78 is 28.7. The van der Waals surface area contributed by atoms with E-state index in [0.29, 0.717) is 10.9 Å². The average molecular weight is 655 g/mol. The van der Waals surface area contributed by atoms with Gasteiger partial charge in [0.05, 0.1) is 5.60 Å². The van der Waals surface area contributed by atoms with Gasteiger partial charge in [-0.25, -0.2) is 0 Å². The van der Waals surface area contributed by atoms with Gasteiger partial charge in [-0.1, -0.05) is 178 Å². The number of rotatable bonds is 5. The highest BCUT2D eigenvalue weighted by molar-refractivity contribution is 7.86. The molecule has 0 fully saturated rings. The molecule has 0 saturated heterocycles. The molecule has 0 radical (unpaired) electrons. The van der Waals surface area contributed by atoms with E-state index < -0.39 is 19.9 Å². The number of benzene rings is 6. The van der Waals surface area contributed by atoms with Crippen molar-refractivity contribution in [3.8, 4) is 0 Å². The van der Waals surface area contributed by atoms with Crippen LogP contribution in [0.3, 0.4) is 0 Å². The zero-order valence-electron chi connectivity index (χ0n) is 27.2. The van der Waals surface area contributed by atoms with Crippen LogP contribution in [-0.4, -0.2) is 5.11 Å². The Morgan fingerprint density at radius 2 is 0.936 bits per heavy atom. The monoisotopic (exact) mass is 654 g/mol. The Balaban J connectivity index is 0.000000164. The van der Waals surface area contributed by atoms with Gasteiger partial charge in [0.15, 0.2) is 14.3 Å². The first-order valence-electron chi connectivity index (χ1n) is 15.9. The van der Waals surface area contributed by atoms with Crippen molar-refractivity contribution in [3.05, 3.63) is 180 Å². The van der Waals surface area contributed by atoms with Crippen molar-refractivity contribution < 1.29 is 14.2 Å². The first-order chi connectivity index (χ1) is 22.5. The molecule has 0 aromatic heterocycles. The lowest BCUT2D eigenvalue weighted by Gasteiger charge is -2.39. The van der Waals surface area contributed by atoms with Crippen molar-refractivity contribution >= 4 is 46.1 Å². The SMILES string of the molecule is CC(C)(O)c1ccccc1P(=O)(c1ccccc1)c1ccccc1.CC1(C)c2ccccc2P(=O)(c2ccccc2)c2ccccc21. The highest BCUT2D eigenvalue weighted by Gasteiger charge is 2.44. The number of fused-ring (bicyclic) bond motifs is 2. The van der Waals surface area contributed by atoms with Crippen LogP contribution in [0, 0.1) is 0 Å². The average Bonchev–Trinajstić information content (AvgIpc) is 3.11. The lowest BCUT2D eigenvalue weighted by atomic mass is 9.78. The molecule has 1 heterocycles. The summed E-state index contributed by atoms with van der Waals surface area (Å²) in [6.07, 6.45) is 0. The van der Waals surface area contributed by atoms with Crippen molar-refractivity contribution in [2.75, 3.05) is 0 Å². The largest absolute Gasteiger partial charge is 0.386 e. The van der Waals surface area contributed by atoms with E-state index in [1.54, 1.807) is 13.8 Å². The molecule has 0 bridgehead atoms. The van der Waals surface area contributed by atoms with Gasteiger partial charge in [-0.15, -0.1) is 0 Å². The Morgan fingerprint density at radius 3 is 1.40 bits per heavy atom. The van der Waals surface area contributed by atoms with Gasteiger partial charge in [0.25, 0.3) is 0 Å². The van der Waals surface area contributed by atoms with Crippen molar-refractivity contribution in [1.29, 1.82) is 0 Å². The predicted octanol–water partition coefficient (Wildman–Crippen LogP) is 7.52. The minimum atomic E-state index is -3.07. The van der Waals surface area contributed by atoms with Gasteiger partial charge in [-0.05, 0) is 30.5 Å². The topological polar surface area (TPSA) is 54.4 Å². The fourth-order valence-electron chi connectivity index (χ4n) is 6.71. The molecule has 47 heavy (non-hydrogen) atoms. The molecule has 0 amide bonds. The predicted molar refractivity (Wildman–Crippen MR) is 199 cm³/mol. The van der Waals surface area contributed by atoms with Crippen LogP contribution in [0.2, 0.25) is 0 Å². The second kappa shape index (κ2) is 12.7. The molecular formula is C42H40O3P2. The van der Waals surface area contributed by atoms with Crippen LogP contribution in [0.25, 0.3) is 0 Å². The quantitative estimate of drug-likeness (QED) is 0.196. The van der Waals surface area contributed by atoms with E-state index in [0.717, 1.165) is 26.5 Å². The maximum atomic E-state index is 14.4. The molecule has 0 spiro atoms. The minimum Gasteiger partial charge on any atom is -0.386 e.